The van der Waals surface area contributed by atoms with Crippen LogP contribution in [-0.2, 0) is 6.54 Å². The smallest absolute Gasteiger partial charge is 0.277 e. The minimum atomic E-state index is -0.154. The van der Waals surface area contributed by atoms with Crippen molar-refractivity contribution in [2.24, 2.45) is 5.73 Å². The van der Waals surface area contributed by atoms with Gasteiger partial charge in [-0.25, -0.2) is 4.68 Å². The molecule has 0 aliphatic rings. The van der Waals surface area contributed by atoms with Crippen LogP contribution in [0.4, 0.5) is 0 Å². The molecule has 1 heterocycles. The Hall–Kier alpha value is -2.60. The molecular formula is C15H12N4OS. The molecule has 0 aliphatic heterocycles. The van der Waals surface area contributed by atoms with E-state index in [9.17, 15) is 4.79 Å². The molecule has 0 fully saturated rings. The monoisotopic (exact) mass is 296 g/mol. The lowest BCUT2D eigenvalue weighted by molar-refractivity contribution is 0.601. The number of hydrogen-bond acceptors (Lipinski definition) is 4. The van der Waals surface area contributed by atoms with E-state index in [0.29, 0.717) is 22.4 Å². The van der Waals surface area contributed by atoms with Crippen LogP contribution >= 0.6 is 12.2 Å². The highest BCUT2D eigenvalue weighted by Gasteiger charge is 2.05. The van der Waals surface area contributed by atoms with Crippen LogP contribution < -0.4 is 11.3 Å². The molecule has 3 rings (SSSR count). The van der Waals surface area contributed by atoms with Crippen molar-refractivity contribution in [3.05, 3.63) is 70.0 Å². The maximum Gasteiger partial charge on any atom is 0.277 e. The van der Waals surface area contributed by atoms with Gasteiger partial charge in [-0.3, -0.25) is 4.79 Å². The van der Waals surface area contributed by atoms with Gasteiger partial charge in [-0.1, -0.05) is 53.8 Å². The summed E-state index contributed by atoms with van der Waals surface area (Å²) in [5.41, 5.74) is 7.73. The Morgan fingerprint density at radius 1 is 1.14 bits per heavy atom. The summed E-state index contributed by atoms with van der Waals surface area (Å²) < 4.78 is 1.35. The summed E-state index contributed by atoms with van der Waals surface area (Å²) in [4.78, 5) is 12.7. The van der Waals surface area contributed by atoms with Crippen molar-refractivity contribution in [1.29, 1.82) is 0 Å². The molecule has 0 amide bonds. The van der Waals surface area contributed by atoms with Gasteiger partial charge in [0.1, 0.15) is 10.5 Å². The first kappa shape index (κ1) is 13.4. The van der Waals surface area contributed by atoms with E-state index in [1.165, 1.54) is 4.68 Å². The molecule has 0 radical (unpaired) electrons. The maximum atomic E-state index is 12.3. The number of benzene rings is 2. The predicted molar refractivity (Wildman–Crippen MR) is 85.2 cm³/mol. The van der Waals surface area contributed by atoms with Crippen molar-refractivity contribution in [3.63, 3.8) is 0 Å². The number of thiocarbonyl (C=S) groups is 1. The van der Waals surface area contributed by atoms with Gasteiger partial charge >= 0.3 is 0 Å². The third kappa shape index (κ3) is 2.66. The maximum absolute atomic E-state index is 12.3. The number of aromatic nitrogens is 3. The van der Waals surface area contributed by atoms with Gasteiger partial charge in [0.2, 0.25) is 0 Å². The lowest BCUT2D eigenvalue weighted by Gasteiger charge is -2.06. The SMILES string of the molecule is NC(=S)c1ccc(Cn2nnc3ccccc3c2=O)cc1. The second-order valence-electron chi connectivity index (χ2n) is 4.63. The Bertz CT molecular complexity index is 871. The van der Waals surface area contributed by atoms with Crippen LogP contribution in [0.2, 0.25) is 0 Å². The van der Waals surface area contributed by atoms with Gasteiger partial charge in [0, 0.05) is 5.56 Å². The van der Waals surface area contributed by atoms with E-state index >= 15 is 0 Å². The fraction of sp³-hybridized carbons (Fsp3) is 0.0667. The molecule has 0 spiro atoms. The van der Waals surface area contributed by atoms with Gasteiger partial charge in [0.05, 0.1) is 11.9 Å². The number of fused-ring (bicyclic) bond motifs is 1. The van der Waals surface area contributed by atoms with Gasteiger partial charge in [0.25, 0.3) is 5.56 Å². The summed E-state index contributed by atoms with van der Waals surface area (Å²) in [5, 5.41) is 8.58. The minimum absolute atomic E-state index is 0.154. The van der Waals surface area contributed by atoms with Crippen molar-refractivity contribution in [2.75, 3.05) is 0 Å². The molecule has 0 atom stereocenters. The van der Waals surface area contributed by atoms with Crippen molar-refractivity contribution >= 4 is 28.1 Å². The highest BCUT2D eigenvalue weighted by atomic mass is 32.1. The lowest BCUT2D eigenvalue weighted by atomic mass is 10.1. The quantitative estimate of drug-likeness (QED) is 0.741. The third-order valence-electron chi connectivity index (χ3n) is 3.20. The summed E-state index contributed by atoms with van der Waals surface area (Å²) >= 11 is 4.91. The average Bonchev–Trinajstić information content (AvgIpc) is 2.51. The Labute approximate surface area is 126 Å². The zero-order valence-electron chi connectivity index (χ0n) is 11.1. The number of nitrogens with zero attached hydrogens (tertiary/aromatic N) is 3. The van der Waals surface area contributed by atoms with E-state index < -0.39 is 0 Å². The second kappa shape index (κ2) is 5.41. The second-order valence-corrected chi connectivity index (χ2v) is 5.07. The Morgan fingerprint density at radius 2 is 1.86 bits per heavy atom. The summed E-state index contributed by atoms with van der Waals surface area (Å²) in [5.74, 6) is 0. The summed E-state index contributed by atoms with van der Waals surface area (Å²) in [6.45, 7) is 0.355. The number of nitrogens with two attached hydrogens (primary N) is 1. The van der Waals surface area contributed by atoms with E-state index in [1.54, 1.807) is 12.1 Å². The first-order chi connectivity index (χ1) is 10.1. The molecule has 0 bridgehead atoms. The van der Waals surface area contributed by atoms with Gasteiger partial charge in [-0.15, -0.1) is 5.10 Å². The highest BCUT2D eigenvalue weighted by Crippen LogP contribution is 2.07. The average molecular weight is 296 g/mol. The molecule has 2 N–H and O–H groups in total. The molecule has 5 nitrogen and oxygen atoms in total. The van der Waals surface area contributed by atoms with Crippen molar-refractivity contribution in [1.82, 2.24) is 15.0 Å². The molecule has 0 saturated carbocycles. The van der Waals surface area contributed by atoms with Crippen LogP contribution in [0.1, 0.15) is 11.1 Å². The highest BCUT2D eigenvalue weighted by molar-refractivity contribution is 7.80. The first-order valence-electron chi connectivity index (χ1n) is 6.36. The number of hydrogen-bond donors (Lipinski definition) is 1. The molecule has 21 heavy (non-hydrogen) atoms. The van der Waals surface area contributed by atoms with Gasteiger partial charge in [0.15, 0.2) is 0 Å². The summed E-state index contributed by atoms with van der Waals surface area (Å²) in [7, 11) is 0. The van der Waals surface area contributed by atoms with Crippen LogP contribution in [0.5, 0.6) is 0 Å². The van der Waals surface area contributed by atoms with E-state index in [1.807, 2.05) is 36.4 Å². The van der Waals surface area contributed by atoms with E-state index in [0.717, 1.165) is 11.1 Å². The Morgan fingerprint density at radius 3 is 2.57 bits per heavy atom. The first-order valence-corrected chi connectivity index (χ1v) is 6.77. The van der Waals surface area contributed by atoms with E-state index in [2.05, 4.69) is 10.3 Å². The molecule has 0 unspecified atom stereocenters. The Kier molecular flexibility index (Phi) is 3.45. The van der Waals surface area contributed by atoms with Gasteiger partial charge in [-0.05, 0) is 17.7 Å². The zero-order chi connectivity index (χ0) is 14.8. The van der Waals surface area contributed by atoms with Crippen molar-refractivity contribution in [3.8, 4) is 0 Å². The van der Waals surface area contributed by atoms with Crippen LogP contribution in [0.25, 0.3) is 10.9 Å². The number of rotatable bonds is 3. The molecule has 3 aromatic rings. The van der Waals surface area contributed by atoms with E-state index in [4.69, 9.17) is 18.0 Å². The van der Waals surface area contributed by atoms with Crippen LogP contribution in [-0.4, -0.2) is 20.0 Å². The minimum Gasteiger partial charge on any atom is -0.389 e. The topological polar surface area (TPSA) is 73.8 Å². The summed E-state index contributed by atoms with van der Waals surface area (Å²) in [6.07, 6.45) is 0. The van der Waals surface area contributed by atoms with Crippen LogP contribution in [0.3, 0.4) is 0 Å². The fourth-order valence-corrected chi connectivity index (χ4v) is 2.21. The van der Waals surface area contributed by atoms with Crippen LogP contribution in [0, 0.1) is 0 Å². The van der Waals surface area contributed by atoms with Crippen molar-refractivity contribution in [2.45, 2.75) is 6.54 Å². The molecule has 0 saturated heterocycles. The summed E-state index contributed by atoms with van der Waals surface area (Å²) in [6, 6.07) is 14.6. The molecule has 0 aliphatic carbocycles. The largest absolute Gasteiger partial charge is 0.389 e. The fourth-order valence-electron chi connectivity index (χ4n) is 2.07. The molecule has 6 heteroatoms. The molecule has 2 aromatic carbocycles. The lowest BCUT2D eigenvalue weighted by Crippen LogP contribution is -2.24. The zero-order valence-corrected chi connectivity index (χ0v) is 11.9. The Balaban J connectivity index is 1.96. The van der Waals surface area contributed by atoms with E-state index in [-0.39, 0.29) is 5.56 Å². The predicted octanol–water partition coefficient (Wildman–Crippen LogP) is 1.47. The third-order valence-corrected chi connectivity index (χ3v) is 3.44. The van der Waals surface area contributed by atoms with Crippen molar-refractivity contribution < 1.29 is 0 Å². The molecule has 1 aromatic heterocycles. The standard InChI is InChI=1S/C15H12N4OS/c16-14(21)11-7-5-10(6-8-11)9-19-15(20)12-3-1-2-4-13(12)17-18-19/h1-8H,9H2,(H2,16,21). The molecular weight excluding hydrogens is 284 g/mol. The van der Waals surface area contributed by atoms with Crippen LogP contribution in [0.15, 0.2) is 53.3 Å². The normalized spacial score (nSPS) is 10.7. The molecule has 104 valence electrons. The van der Waals surface area contributed by atoms with Gasteiger partial charge < -0.3 is 5.73 Å². The van der Waals surface area contributed by atoms with Gasteiger partial charge in [-0.2, -0.15) is 0 Å².